The van der Waals surface area contributed by atoms with Crippen molar-refractivity contribution >= 4 is 11.6 Å². The van der Waals surface area contributed by atoms with E-state index in [9.17, 15) is 0 Å². The molecule has 3 aromatic rings. The topological polar surface area (TPSA) is 79.7 Å². The van der Waals surface area contributed by atoms with Gasteiger partial charge >= 0.3 is 0 Å². The van der Waals surface area contributed by atoms with Gasteiger partial charge in [-0.1, -0.05) is 6.07 Å². The Morgan fingerprint density at radius 1 is 1.00 bits per heavy atom. The maximum Gasteiger partial charge on any atom is 0.180 e. The van der Waals surface area contributed by atoms with Crippen LogP contribution in [-0.4, -0.2) is 44.1 Å². The lowest BCUT2D eigenvalue weighted by Gasteiger charge is -2.34. The van der Waals surface area contributed by atoms with Crippen LogP contribution in [0.4, 0.5) is 11.6 Å². The molecule has 4 heterocycles. The van der Waals surface area contributed by atoms with Gasteiger partial charge in [0.2, 0.25) is 0 Å². The second-order valence-corrected chi connectivity index (χ2v) is 8.21. The van der Waals surface area contributed by atoms with Crippen LogP contribution in [0.3, 0.4) is 0 Å². The summed E-state index contributed by atoms with van der Waals surface area (Å²) in [5.74, 6) is 3.61. The Balaban J connectivity index is 1.32. The first-order valence-electron chi connectivity index (χ1n) is 10.8. The summed E-state index contributed by atoms with van der Waals surface area (Å²) in [4.78, 5) is 25.5. The molecule has 0 atom stereocenters. The van der Waals surface area contributed by atoms with Gasteiger partial charge in [0.25, 0.3) is 0 Å². The molecule has 5 rings (SSSR count). The number of rotatable bonds is 4. The van der Waals surface area contributed by atoms with Gasteiger partial charge in [0.15, 0.2) is 5.82 Å². The fraction of sp³-hybridized carbons (Fsp3) is 0.435. The summed E-state index contributed by atoms with van der Waals surface area (Å²) in [7, 11) is 0. The van der Waals surface area contributed by atoms with E-state index in [-0.39, 0.29) is 0 Å². The second-order valence-electron chi connectivity index (χ2n) is 8.21. The van der Waals surface area contributed by atoms with Gasteiger partial charge in [-0.25, -0.2) is 19.9 Å². The SMILES string of the molecule is Cc1cc(N2CCC(Nc3nc(-c4ccccn4)nc4c3CCC4)CC2)nc(C)n1. The number of nitrogens with zero attached hydrogens (tertiary/aromatic N) is 6. The van der Waals surface area contributed by atoms with Crippen molar-refractivity contribution in [3.63, 3.8) is 0 Å². The average molecular weight is 402 g/mol. The number of hydrogen-bond acceptors (Lipinski definition) is 7. The quantitative estimate of drug-likeness (QED) is 0.716. The fourth-order valence-corrected chi connectivity index (χ4v) is 4.47. The van der Waals surface area contributed by atoms with Crippen molar-refractivity contribution in [2.75, 3.05) is 23.3 Å². The van der Waals surface area contributed by atoms with Gasteiger partial charge in [0.05, 0.1) is 0 Å². The molecule has 1 aliphatic heterocycles. The van der Waals surface area contributed by atoms with Gasteiger partial charge < -0.3 is 10.2 Å². The highest BCUT2D eigenvalue weighted by Crippen LogP contribution is 2.30. The Hall–Kier alpha value is -3.09. The van der Waals surface area contributed by atoms with Gasteiger partial charge in [-0.3, -0.25) is 4.98 Å². The predicted octanol–water partition coefficient (Wildman–Crippen LogP) is 3.52. The fourth-order valence-electron chi connectivity index (χ4n) is 4.47. The van der Waals surface area contributed by atoms with Crippen molar-refractivity contribution in [2.45, 2.75) is 52.0 Å². The zero-order valence-electron chi connectivity index (χ0n) is 17.6. The highest BCUT2D eigenvalue weighted by atomic mass is 15.2. The van der Waals surface area contributed by atoms with E-state index < -0.39 is 0 Å². The summed E-state index contributed by atoms with van der Waals surface area (Å²) in [5.41, 5.74) is 4.33. The van der Waals surface area contributed by atoms with E-state index in [2.05, 4.69) is 31.2 Å². The van der Waals surface area contributed by atoms with E-state index in [0.29, 0.717) is 6.04 Å². The Labute approximate surface area is 177 Å². The van der Waals surface area contributed by atoms with Crippen molar-refractivity contribution in [1.29, 1.82) is 0 Å². The third-order valence-electron chi connectivity index (χ3n) is 5.94. The van der Waals surface area contributed by atoms with E-state index in [1.807, 2.05) is 32.0 Å². The van der Waals surface area contributed by atoms with Crippen molar-refractivity contribution in [3.05, 3.63) is 53.2 Å². The van der Waals surface area contributed by atoms with Crippen molar-refractivity contribution < 1.29 is 0 Å². The standard InChI is InChI=1S/C23H27N7/c1-15-14-21(26-16(2)25-15)30-12-9-17(10-13-30)27-22-18-6-5-8-19(18)28-23(29-22)20-7-3-4-11-24-20/h3-4,7,11,14,17H,5-6,8-10,12-13H2,1-2H3,(H,27,28,29). The third-order valence-corrected chi connectivity index (χ3v) is 5.94. The third kappa shape index (κ3) is 3.84. The van der Waals surface area contributed by atoms with Crippen LogP contribution in [0, 0.1) is 13.8 Å². The molecule has 0 unspecified atom stereocenters. The predicted molar refractivity (Wildman–Crippen MR) is 118 cm³/mol. The molecule has 7 nitrogen and oxygen atoms in total. The van der Waals surface area contributed by atoms with Crippen molar-refractivity contribution in [3.8, 4) is 11.5 Å². The molecule has 3 aromatic heterocycles. The normalized spacial score (nSPS) is 16.5. The van der Waals surface area contributed by atoms with E-state index >= 15 is 0 Å². The van der Waals surface area contributed by atoms with Crippen LogP contribution in [-0.2, 0) is 12.8 Å². The maximum atomic E-state index is 4.89. The first-order chi connectivity index (χ1) is 14.7. The highest BCUT2D eigenvalue weighted by Gasteiger charge is 2.25. The van der Waals surface area contributed by atoms with Crippen molar-refractivity contribution in [2.24, 2.45) is 0 Å². The summed E-state index contributed by atoms with van der Waals surface area (Å²) in [6, 6.07) is 8.37. The first kappa shape index (κ1) is 18.9. The zero-order valence-corrected chi connectivity index (χ0v) is 17.6. The molecule has 0 bridgehead atoms. The van der Waals surface area contributed by atoms with E-state index in [0.717, 1.165) is 79.9 Å². The molecule has 0 aromatic carbocycles. The smallest absolute Gasteiger partial charge is 0.180 e. The zero-order chi connectivity index (χ0) is 20.5. The Kier molecular flexibility index (Phi) is 5.02. The molecule has 1 fully saturated rings. The second kappa shape index (κ2) is 7.97. The minimum atomic E-state index is 0.404. The van der Waals surface area contributed by atoms with E-state index in [1.54, 1.807) is 6.20 Å². The summed E-state index contributed by atoms with van der Waals surface area (Å²) in [6.07, 6.45) is 7.13. The molecule has 0 saturated carbocycles. The molecule has 1 saturated heterocycles. The van der Waals surface area contributed by atoms with Gasteiger partial charge in [-0.2, -0.15) is 0 Å². The molecule has 154 valence electrons. The van der Waals surface area contributed by atoms with Crippen LogP contribution in [0.1, 0.15) is 42.0 Å². The lowest BCUT2D eigenvalue weighted by atomic mass is 10.0. The number of fused-ring (bicyclic) bond motifs is 1. The molecule has 0 radical (unpaired) electrons. The van der Waals surface area contributed by atoms with E-state index in [4.69, 9.17) is 9.97 Å². The molecular weight excluding hydrogens is 374 g/mol. The van der Waals surface area contributed by atoms with Crippen molar-refractivity contribution in [1.82, 2.24) is 24.9 Å². The maximum absolute atomic E-state index is 4.89. The summed E-state index contributed by atoms with van der Waals surface area (Å²) < 4.78 is 0. The Morgan fingerprint density at radius 2 is 1.87 bits per heavy atom. The minimum absolute atomic E-state index is 0.404. The Morgan fingerprint density at radius 3 is 2.63 bits per heavy atom. The summed E-state index contributed by atoms with van der Waals surface area (Å²) in [6.45, 7) is 5.95. The van der Waals surface area contributed by atoms with Gasteiger partial charge in [-0.05, 0) is 58.1 Å². The van der Waals surface area contributed by atoms with Crippen LogP contribution in [0.5, 0.6) is 0 Å². The number of anilines is 2. The lowest BCUT2D eigenvalue weighted by Crippen LogP contribution is -2.40. The lowest BCUT2D eigenvalue weighted by molar-refractivity contribution is 0.521. The first-order valence-corrected chi connectivity index (χ1v) is 10.8. The van der Waals surface area contributed by atoms with Gasteiger partial charge in [0, 0.05) is 48.3 Å². The molecule has 2 aliphatic rings. The Bertz CT molecular complexity index is 1020. The highest BCUT2D eigenvalue weighted by molar-refractivity contribution is 5.58. The molecule has 0 spiro atoms. The van der Waals surface area contributed by atoms with Crippen LogP contribution in [0.2, 0.25) is 0 Å². The molecule has 30 heavy (non-hydrogen) atoms. The van der Waals surface area contributed by atoms with Gasteiger partial charge in [-0.15, -0.1) is 0 Å². The van der Waals surface area contributed by atoms with E-state index in [1.165, 1.54) is 11.3 Å². The number of hydrogen-bond donors (Lipinski definition) is 1. The molecule has 0 amide bonds. The average Bonchev–Trinajstić information content (AvgIpc) is 3.23. The number of pyridine rings is 1. The van der Waals surface area contributed by atoms with Crippen LogP contribution in [0.25, 0.3) is 11.5 Å². The number of aryl methyl sites for hydroxylation is 3. The molecular formula is C23H27N7. The molecule has 1 aliphatic carbocycles. The number of nitrogens with one attached hydrogen (secondary N) is 1. The van der Waals surface area contributed by atoms with Crippen LogP contribution >= 0.6 is 0 Å². The molecule has 7 heteroatoms. The minimum Gasteiger partial charge on any atom is -0.367 e. The van der Waals surface area contributed by atoms with Gasteiger partial charge in [0.1, 0.15) is 23.2 Å². The largest absolute Gasteiger partial charge is 0.367 e. The number of aromatic nitrogens is 5. The molecule has 1 N–H and O–H groups in total. The monoisotopic (exact) mass is 401 g/mol. The number of piperidine rings is 1. The van der Waals surface area contributed by atoms with Crippen LogP contribution in [0.15, 0.2) is 30.5 Å². The van der Waals surface area contributed by atoms with Crippen LogP contribution < -0.4 is 10.2 Å². The summed E-state index contributed by atoms with van der Waals surface area (Å²) in [5, 5.41) is 3.75. The summed E-state index contributed by atoms with van der Waals surface area (Å²) >= 11 is 0.